The van der Waals surface area contributed by atoms with E-state index in [0.717, 1.165) is 11.3 Å². The van der Waals surface area contributed by atoms with Crippen LogP contribution in [0.2, 0.25) is 5.15 Å². The van der Waals surface area contributed by atoms with Crippen molar-refractivity contribution in [3.8, 4) is 5.75 Å². The summed E-state index contributed by atoms with van der Waals surface area (Å²) >= 11 is 5.90. The molecule has 0 saturated heterocycles. The number of nitrogens with zero attached hydrogens (tertiary/aromatic N) is 2. The number of aromatic nitrogens is 2. The summed E-state index contributed by atoms with van der Waals surface area (Å²) in [5.74, 6) is 0.372. The highest BCUT2D eigenvalue weighted by atomic mass is 35.5. The monoisotopic (exact) mass is 292 g/mol. The lowest BCUT2D eigenvalue weighted by atomic mass is 10.1. The average molecular weight is 293 g/mol. The number of carbonyl (C=O) groups excluding carboxylic acids is 1. The maximum atomic E-state index is 11.2. The van der Waals surface area contributed by atoms with Gasteiger partial charge in [0, 0.05) is 6.42 Å². The van der Waals surface area contributed by atoms with E-state index in [2.05, 4.69) is 9.97 Å². The molecule has 4 N–H and O–H groups in total. The third-order valence-corrected chi connectivity index (χ3v) is 2.96. The SMILES string of the molecule is COc1cccc(Cc2nc(N)c(C(N)=O)c(Cl)n2)c1. The van der Waals surface area contributed by atoms with Crippen molar-refractivity contribution in [3.05, 3.63) is 46.4 Å². The van der Waals surface area contributed by atoms with E-state index in [4.69, 9.17) is 27.8 Å². The van der Waals surface area contributed by atoms with Gasteiger partial charge in [-0.05, 0) is 17.7 Å². The zero-order valence-corrected chi connectivity index (χ0v) is 11.5. The molecule has 0 bridgehead atoms. The van der Waals surface area contributed by atoms with Crippen LogP contribution in [0.1, 0.15) is 21.7 Å². The third-order valence-electron chi connectivity index (χ3n) is 2.68. The number of rotatable bonds is 4. The smallest absolute Gasteiger partial charge is 0.255 e. The van der Waals surface area contributed by atoms with Gasteiger partial charge < -0.3 is 16.2 Å². The first kappa shape index (κ1) is 14.1. The van der Waals surface area contributed by atoms with E-state index >= 15 is 0 Å². The van der Waals surface area contributed by atoms with Crippen molar-refractivity contribution in [2.75, 3.05) is 12.8 Å². The van der Waals surface area contributed by atoms with Crippen molar-refractivity contribution in [1.29, 1.82) is 0 Å². The molecule has 0 atom stereocenters. The molecule has 6 nitrogen and oxygen atoms in total. The highest BCUT2D eigenvalue weighted by Gasteiger charge is 2.15. The minimum Gasteiger partial charge on any atom is -0.497 e. The molecular weight excluding hydrogens is 280 g/mol. The van der Waals surface area contributed by atoms with Gasteiger partial charge in [0.05, 0.1) is 7.11 Å². The van der Waals surface area contributed by atoms with E-state index in [9.17, 15) is 4.79 Å². The Labute approximate surface area is 120 Å². The van der Waals surface area contributed by atoms with Crippen LogP contribution >= 0.6 is 11.6 Å². The molecule has 0 unspecified atom stereocenters. The van der Waals surface area contributed by atoms with E-state index in [1.807, 2.05) is 24.3 Å². The number of nitrogen functional groups attached to an aromatic ring is 1. The Bertz CT molecular complexity index is 638. The minimum absolute atomic E-state index is 0.0182. The second-order valence-electron chi connectivity index (χ2n) is 4.08. The van der Waals surface area contributed by atoms with E-state index in [1.54, 1.807) is 7.11 Å². The third kappa shape index (κ3) is 2.97. The quantitative estimate of drug-likeness (QED) is 0.829. The Morgan fingerprint density at radius 2 is 2.15 bits per heavy atom. The van der Waals surface area contributed by atoms with Gasteiger partial charge in [0.25, 0.3) is 5.91 Å². The van der Waals surface area contributed by atoms with Crippen LogP contribution in [0.4, 0.5) is 5.82 Å². The number of hydrogen-bond acceptors (Lipinski definition) is 5. The van der Waals surface area contributed by atoms with E-state index in [-0.39, 0.29) is 16.5 Å². The van der Waals surface area contributed by atoms with Gasteiger partial charge in [-0.1, -0.05) is 23.7 Å². The lowest BCUT2D eigenvalue weighted by molar-refractivity contribution is 0.100. The zero-order valence-electron chi connectivity index (χ0n) is 10.8. The summed E-state index contributed by atoms with van der Waals surface area (Å²) in [6.45, 7) is 0. The molecule has 1 aromatic heterocycles. The number of amides is 1. The van der Waals surface area contributed by atoms with Gasteiger partial charge in [0.15, 0.2) is 0 Å². The second-order valence-corrected chi connectivity index (χ2v) is 4.44. The first-order chi connectivity index (χ1) is 9.51. The standard InChI is InChI=1S/C13H13ClN4O2/c1-20-8-4-2-3-7(5-8)6-9-17-11(14)10(13(16)19)12(15)18-9/h2-5H,6H2,1H3,(H2,16,19)(H2,15,17,18). The van der Waals surface area contributed by atoms with E-state index < -0.39 is 5.91 Å². The molecule has 0 aliphatic carbocycles. The number of anilines is 1. The molecule has 0 aliphatic heterocycles. The normalized spacial score (nSPS) is 10.3. The molecular formula is C13H13ClN4O2. The summed E-state index contributed by atoms with van der Waals surface area (Å²) < 4.78 is 5.14. The molecule has 0 saturated carbocycles. The fourth-order valence-electron chi connectivity index (χ4n) is 1.77. The average Bonchev–Trinajstić information content (AvgIpc) is 2.37. The largest absolute Gasteiger partial charge is 0.497 e. The molecule has 0 radical (unpaired) electrons. The van der Waals surface area contributed by atoms with Gasteiger partial charge in [-0.3, -0.25) is 4.79 Å². The van der Waals surface area contributed by atoms with Gasteiger partial charge in [0.1, 0.15) is 28.1 Å². The first-order valence-electron chi connectivity index (χ1n) is 5.76. The van der Waals surface area contributed by atoms with Crippen LogP contribution in [0.15, 0.2) is 24.3 Å². The summed E-state index contributed by atoms with van der Waals surface area (Å²) in [6, 6.07) is 7.45. The van der Waals surface area contributed by atoms with Gasteiger partial charge >= 0.3 is 0 Å². The molecule has 0 spiro atoms. The van der Waals surface area contributed by atoms with Crippen molar-refractivity contribution in [2.24, 2.45) is 5.73 Å². The molecule has 20 heavy (non-hydrogen) atoms. The molecule has 0 aliphatic rings. The van der Waals surface area contributed by atoms with Gasteiger partial charge in [-0.25, -0.2) is 9.97 Å². The van der Waals surface area contributed by atoms with Crippen LogP contribution in [0.3, 0.4) is 0 Å². The highest BCUT2D eigenvalue weighted by Crippen LogP contribution is 2.20. The summed E-state index contributed by atoms with van der Waals surface area (Å²) in [4.78, 5) is 19.2. The van der Waals surface area contributed by atoms with Crippen LogP contribution in [0.25, 0.3) is 0 Å². The lowest BCUT2D eigenvalue weighted by Crippen LogP contribution is -2.17. The predicted octanol–water partition coefficient (Wildman–Crippen LogP) is 1.41. The van der Waals surface area contributed by atoms with Crippen LogP contribution < -0.4 is 16.2 Å². The molecule has 1 heterocycles. The minimum atomic E-state index is -0.750. The Morgan fingerprint density at radius 3 is 2.75 bits per heavy atom. The second kappa shape index (κ2) is 5.75. The van der Waals surface area contributed by atoms with Gasteiger partial charge in [-0.2, -0.15) is 0 Å². The van der Waals surface area contributed by atoms with E-state index in [1.165, 1.54) is 0 Å². The summed E-state index contributed by atoms with van der Waals surface area (Å²) in [7, 11) is 1.59. The summed E-state index contributed by atoms with van der Waals surface area (Å²) in [5.41, 5.74) is 11.7. The number of benzene rings is 1. The number of halogens is 1. The Morgan fingerprint density at radius 1 is 1.40 bits per heavy atom. The highest BCUT2D eigenvalue weighted by molar-refractivity contribution is 6.33. The predicted molar refractivity (Wildman–Crippen MR) is 75.8 cm³/mol. The van der Waals surface area contributed by atoms with Crippen molar-refractivity contribution < 1.29 is 9.53 Å². The first-order valence-corrected chi connectivity index (χ1v) is 6.13. The molecule has 1 amide bonds. The van der Waals surface area contributed by atoms with Gasteiger partial charge in [-0.15, -0.1) is 0 Å². The number of primary amides is 1. The topological polar surface area (TPSA) is 104 Å². The maximum absolute atomic E-state index is 11.2. The van der Waals surface area contributed by atoms with Crippen molar-refractivity contribution >= 4 is 23.3 Å². The van der Waals surface area contributed by atoms with E-state index in [0.29, 0.717) is 12.2 Å². The molecule has 0 fully saturated rings. The van der Waals surface area contributed by atoms with Crippen molar-refractivity contribution in [3.63, 3.8) is 0 Å². The molecule has 2 rings (SSSR count). The zero-order chi connectivity index (χ0) is 14.7. The van der Waals surface area contributed by atoms with Crippen LogP contribution in [-0.4, -0.2) is 23.0 Å². The Balaban J connectivity index is 2.32. The Hall–Kier alpha value is -2.34. The fourth-order valence-corrected chi connectivity index (χ4v) is 2.05. The number of carbonyl (C=O) groups is 1. The van der Waals surface area contributed by atoms with Crippen molar-refractivity contribution in [2.45, 2.75) is 6.42 Å². The molecule has 104 valence electrons. The van der Waals surface area contributed by atoms with Crippen LogP contribution in [-0.2, 0) is 6.42 Å². The van der Waals surface area contributed by atoms with Crippen molar-refractivity contribution in [1.82, 2.24) is 9.97 Å². The Kier molecular flexibility index (Phi) is 4.05. The number of ether oxygens (including phenoxy) is 1. The molecule has 1 aromatic carbocycles. The number of methoxy groups -OCH3 is 1. The van der Waals surface area contributed by atoms with Crippen LogP contribution in [0.5, 0.6) is 5.75 Å². The van der Waals surface area contributed by atoms with Crippen LogP contribution in [0, 0.1) is 0 Å². The molecule has 2 aromatic rings. The summed E-state index contributed by atoms with van der Waals surface area (Å²) in [6.07, 6.45) is 0.417. The summed E-state index contributed by atoms with van der Waals surface area (Å²) in [5, 5.41) is -0.0390. The number of nitrogens with two attached hydrogens (primary N) is 2. The van der Waals surface area contributed by atoms with Gasteiger partial charge in [0.2, 0.25) is 0 Å². The maximum Gasteiger partial charge on any atom is 0.255 e. The lowest BCUT2D eigenvalue weighted by Gasteiger charge is -2.07. The number of hydrogen-bond donors (Lipinski definition) is 2. The molecule has 7 heteroatoms. The fraction of sp³-hybridized carbons (Fsp3) is 0.154.